The molecule has 0 aromatic heterocycles. The maximum atomic E-state index is 11.3. The number of hydrogen-bond donors (Lipinski definition) is 1. The first-order chi connectivity index (χ1) is 8.63. The van der Waals surface area contributed by atoms with E-state index < -0.39 is 12.0 Å². The molecule has 1 N–H and O–H groups in total. The minimum atomic E-state index is -0.839. The maximum absolute atomic E-state index is 11.3. The van der Waals surface area contributed by atoms with Crippen molar-refractivity contribution in [2.24, 2.45) is 0 Å². The first-order valence-electron chi connectivity index (χ1n) is 5.40. The summed E-state index contributed by atoms with van der Waals surface area (Å²) in [6, 6.07) is 6.91. The second-order valence-corrected chi connectivity index (χ2v) is 5.96. The van der Waals surface area contributed by atoms with Gasteiger partial charge in [0.15, 0.2) is 0 Å². The van der Waals surface area contributed by atoms with Crippen LogP contribution in [0.1, 0.15) is 5.56 Å². The van der Waals surface area contributed by atoms with Crippen LogP contribution in [0.15, 0.2) is 22.7 Å². The summed E-state index contributed by atoms with van der Waals surface area (Å²) < 4.78 is 0.820. The fraction of sp³-hybridized carbons (Fsp3) is 0.333. The third-order valence-corrected chi connectivity index (χ3v) is 4.32. The van der Waals surface area contributed by atoms with Crippen molar-refractivity contribution in [3.05, 3.63) is 28.2 Å². The highest BCUT2D eigenvalue weighted by atomic mass is 79.9. The molecular formula is C12H11BrN2O2S. The van der Waals surface area contributed by atoms with Gasteiger partial charge in [0.1, 0.15) is 12.1 Å². The van der Waals surface area contributed by atoms with E-state index in [0.29, 0.717) is 23.5 Å². The molecule has 2 rings (SSSR count). The van der Waals surface area contributed by atoms with E-state index in [1.165, 1.54) is 0 Å². The van der Waals surface area contributed by atoms with Gasteiger partial charge < -0.3 is 10.0 Å². The number of rotatable bonds is 2. The van der Waals surface area contributed by atoms with Gasteiger partial charge in [-0.25, -0.2) is 4.79 Å². The molecule has 1 aliphatic heterocycles. The first kappa shape index (κ1) is 13.2. The fourth-order valence-corrected chi connectivity index (χ4v) is 3.34. The fourth-order valence-electron chi connectivity index (χ4n) is 1.94. The van der Waals surface area contributed by atoms with E-state index in [4.69, 9.17) is 5.26 Å². The lowest BCUT2D eigenvalue weighted by molar-refractivity contribution is -0.138. The van der Waals surface area contributed by atoms with Crippen molar-refractivity contribution in [1.82, 2.24) is 0 Å². The molecule has 18 heavy (non-hydrogen) atoms. The molecule has 94 valence electrons. The first-order valence-corrected chi connectivity index (χ1v) is 7.35. The number of anilines is 1. The van der Waals surface area contributed by atoms with E-state index in [0.717, 1.165) is 10.2 Å². The minimum absolute atomic E-state index is 0.502. The zero-order valence-electron chi connectivity index (χ0n) is 9.47. The molecule has 0 amide bonds. The molecule has 0 saturated carbocycles. The van der Waals surface area contributed by atoms with Crippen LogP contribution in [0.5, 0.6) is 0 Å². The summed E-state index contributed by atoms with van der Waals surface area (Å²) in [7, 11) is 0. The van der Waals surface area contributed by atoms with Gasteiger partial charge in [-0.3, -0.25) is 0 Å². The normalized spacial score (nSPS) is 19.3. The van der Waals surface area contributed by atoms with E-state index in [2.05, 4.69) is 22.0 Å². The largest absolute Gasteiger partial charge is 0.480 e. The van der Waals surface area contributed by atoms with Gasteiger partial charge in [0.25, 0.3) is 0 Å². The Morgan fingerprint density at radius 2 is 2.39 bits per heavy atom. The highest BCUT2D eigenvalue weighted by Gasteiger charge is 2.30. The van der Waals surface area contributed by atoms with Crippen molar-refractivity contribution in [2.45, 2.75) is 6.04 Å². The predicted octanol–water partition coefficient (Wildman–Crippen LogP) is 2.33. The van der Waals surface area contributed by atoms with E-state index in [1.807, 2.05) is 11.0 Å². The average molecular weight is 327 g/mol. The van der Waals surface area contributed by atoms with Gasteiger partial charge in [0.2, 0.25) is 0 Å². The van der Waals surface area contributed by atoms with Crippen LogP contribution in [-0.2, 0) is 4.79 Å². The van der Waals surface area contributed by atoms with Crippen molar-refractivity contribution in [3.8, 4) is 6.07 Å². The van der Waals surface area contributed by atoms with Crippen LogP contribution in [0.3, 0.4) is 0 Å². The topological polar surface area (TPSA) is 64.3 Å². The summed E-state index contributed by atoms with van der Waals surface area (Å²) in [4.78, 5) is 13.1. The lowest BCUT2D eigenvalue weighted by Gasteiger charge is -2.35. The molecule has 0 spiro atoms. The third-order valence-electron chi connectivity index (χ3n) is 2.80. The lowest BCUT2D eigenvalue weighted by atomic mass is 10.1. The zero-order valence-corrected chi connectivity index (χ0v) is 11.9. The number of halogens is 1. The molecule has 0 bridgehead atoms. The van der Waals surface area contributed by atoms with Crippen molar-refractivity contribution >= 4 is 39.3 Å². The Kier molecular flexibility index (Phi) is 4.15. The van der Waals surface area contributed by atoms with Gasteiger partial charge in [0, 0.05) is 22.5 Å². The van der Waals surface area contributed by atoms with Gasteiger partial charge in [-0.2, -0.15) is 17.0 Å². The predicted molar refractivity (Wildman–Crippen MR) is 75.0 cm³/mol. The lowest BCUT2D eigenvalue weighted by Crippen LogP contribution is -2.47. The second kappa shape index (κ2) is 5.63. The van der Waals surface area contributed by atoms with Crippen LogP contribution in [0.2, 0.25) is 0 Å². The van der Waals surface area contributed by atoms with Crippen LogP contribution >= 0.6 is 27.7 Å². The number of nitriles is 1. The number of hydrogen-bond acceptors (Lipinski definition) is 4. The third kappa shape index (κ3) is 2.62. The van der Waals surface area contributed by atoms with Gasteiger partial charge in [-0.1, -0.05) is 15.9 Å². The average Bonchev–Trinajstić information content (AvgIpc) is 2.38. The second-order valence-electron chi connectivity index (χ2n) is 3.90. The smallest absolute Gasteiger partial charge is 0.327 e. The maximum Gasteiger partial charge on any atom is 0.327 e. The van der Waals surface area contributed by atoms with Crippen molar-refractivity contribution in [2.75, 3.05) is 23.0 Å². The molecule has 0 aliphatic carbocycles. The van der Waals surface area contributed by atoms with Gasteiger partial charge in [-0.05, 0) is 18.2 Å². The number of nitrogens with zero attached hydrogens (tertiary/aromatic N) is 2. The molecule has 1 heterocycles. The standard InChI is InChI=1S/C12H11BrN2O2S/c13-9-1-2-10(8(5-9)6-14)15-3-4-18-7-11(15)12(16)17/h1-2,5,11H,3-4,7H2,(H,16,17). The molecule has 1 saturated heterocycles. The molecule has 1 aromatic carbocycles. The molecule has 1 fully saturated rings. The molecule has 1 unspecified atom stereocenters. The number of carboxylic acid groups (broad SMARTS) is 1. The van der Waals surface area contributed by atoms with E-state index in [9.17, 15) is 9.90 Å². The molecule has 0 radical (unpaired) electrons. The van der Waals surface area contributed by atoms with Crippen LogP contribution in [0.4, 0.5) is 5.69 Å². The molecule has 1 aliphatic rings. The monoisotopic (exact) mass is 326 g/mol. The SMILES string of the molecule is N#Cc1cc(Br)ccc1N1CCSCC1C(=O)O. The Labute approximate surface area is 118 Å². The van der Waals surface area contributed by atoms with Gasteiger partial charge in [-0.15, -0.1) is 0 Å². The van der Waals surface area contributed by atoms with Gasteiger partial charge in [0.05, 0.1) is 11.3 Å². The quantitative estimate of drug-likeness (QED) is 0.903. The Morgan fingerprint density at radius 3 is 3.06 bits per heavy atom. The number of carboxylic acids is 1. The summed E-state index contributed by atoms with van der Waals surface area (Å²) in [6.07, 6.45) is 0. The summed E-state index contributed by atoms with van der Waals surface area (Å²) in [5.74, 6) is 0.593. The van der Waals surface area contributed by atoms with Crippen LogP contribution in [0, 0.1) is 11.3 Å². The number of carbonyl (C=O) groups is 1. The zero-order chi connectivity index (χ0) is 13.1. The number of benzene rings is 1. The summed E-state index contributed by atoms with van der Waals surface area (Å²) in [5, 5.41) is 18.4. The van der Waals surface area contributed by atoms with Crippen molar-refractivity contribution in [1.29, 1.82) is 5.26 Å². The van der Waals surface area contributed by atoms with Crippen LogP contribution < -0.4 is 4.90 Å². The summed E-state index contributed by atoms with van der Waals surface area (Å²) in [6.45, 7) is 0.651. The molecule has 4 nitrogen and oxygen atoms in total. The van der Waals surface area contributed by atoms with Crippen molar-refractivity contribution < 1.29 is 9.90 Å². The molecule has 1 aromatic rings. The van der Waals surface area contributed by atoms with Crippen LogP contribution in [0.25, 0.3) is 0 Å². The molecule has 1 atom stereocenters. The summed E-state index contributed by atoms with van der Waals surface area (Å²) in [5.41, 5.74) is 1.20. The van der Waals surface area contributed by atoms with E-state index >= 15 is 0 Å². The molecular weight excluding hydrogens is 316 g/mol. The van der Waals surface area contributed by atoms with E-state index in [1.54, 1.807) is 23.9 Å². The minimum Gasteiger partial charge on any atom is -0.480 e. The number of thioether (sulfide) groups is 1. The Balaban J connectivity index is 2.40. The molecule has 6 heteroatoms. The van der Waals surface area contributed by atoms with Crippen molar-refractivity contribution in [3.63, 3.8) is 0 Å². The Bertz CT molecular complexity index is 515. The Hall–Kier alpha value is -1.19. The van der Waals surface area contributed by atoms with Gasteiger partial charge >= 0.3 is 5.97 Å². The summed E-state index contributed by atoms with van der Waals surface area (Å²) >= 11 is 4.95. The number of aliphatic carboxylic acids is 1. The van der Waals surface area contributed by atoms with E-state index in [-0.39, 0.29) is 0 Å². The highest BCUT2D eigenvalue weighted by Crippen LogP contribution is 2.29. The Morgan fingerprint density at radius 1 is 1.61 bits per heavy atom. The highest BCUT2D eigenvalue weighted by molar-refractivity contribution is 9.10. The van der Waals surface area contributed by atoms with Crippen LogP contribution in [-0.4, -0.2) is 35.2 Å².